The van der Waals surface area contributed by atoms with Crippen LogP contribution in [0, 0.1) is 0 Å². The molecule has 1 fully saturated rings. The summed E-state index contributed by atoms with van der Waals surface area (Å²) in [5, 5.41) is 8.96. The third-order valence-corrected chi connectivity index (χ3v) is 5.85. The summed E-state index contributed by atoms with van der Waals surface area (Å²) >= 11 is 3.93. The van der Waals surface area contributed by atoms with Crippen LogP contribution in [0.2, 0.25) is 0 Å². The van der Waals surface area contributed by atoms with Crippen molar-refractivity contribution in [3.8, 4) is 0 Å². The van der Waals surface area contributed by atoms with Crippen LogP contribution in [0.3, 0.4) is 0 Å². The Kier molecular flexibility index (Phi) is 4.83. The van der Waals surface area contributed by atoms with Crippen molar-refractivity contribution in [2.75, 3.05) is 18.6 Å². The first-order valence-electron chi connectivity index (χ1n) is 5.93. The van der Waals surface area contributed by atoms with Gasteiger partial charge in [0.15, 0.2) is 0 Å². The number of nitrogens with zero attached hydrogens (tertiary/aromatic N) is 1. The Morgan fingerprint density at radius 3 is 2.72 bits per heavy atom. The summed E-state index contributed by atoms with van der Waals surface area (Å²) in [7, 11) is 1.61. The maximum Gasteiger partial charge on any atom is 0.407 e. The first kappa shape index (κ1) is 13.6. The van der Waals surface area contributed by atoms with Crippen molar-refractivity contribution in [3.05, 3.63) is 35.4 Å². The smallest absolute Gasteiger partial charge is 0.407 e. The lowest BCUT2D eigenvalue weighted by Gasteiger charge is -2.24. The van der Waals surface area contributed by atoms with E-state index >= 15 is 0 Å². The maximum absolute atomic E-state index is 10.9. The Morgan fingerprint density at radius 2 is 2.06 bits per heavy atom. The number of carboxylic acid groups (broad SMARTS) is 1. The summed E-state index contributed by atoms with van der Waals surface area (Å²) in [6, 6.07) is 8.17. The Hall–Kier alpha value is -0.810. The monoisotopic (exact) mass is 283 g/mol. The van der Waals surface area contributed by atoms with Gasteiger partial charge in [0, 0.05) is 13.6 Å². The molecular weight excluding hydrogens is 266 g/mol. The second-order valence-electron chi connectivity index (χ2n) is 4.26. The van der Waals surface area contributed by atoms with Crippen LogP contribution < -0.4 is 0 Å². The minimum absolute atomic E-state index is 0.456. The third-order valence-electron chi connectivity index (χ3n) is 2.87. The van der Waals surface area contributed by atoms with Crippen LogP contribution in [0.15, 0.2) is 24.3 Å². The van der Waals surface area contributed by atoms with E-state index in [-0.39, 0.29) is 0 Å². The molecule has 3 nitrogen and oxygen atoms in total. The first-order chi connectivity index (χ1) is 8.68. The average Bonchev–Trinajstić information content (AvgIpc) is 2.40. The molecule has 1 aliphatic rings. The maximum atomic E-state index is 10.9. The third kappa shape index (κ3) is 3.36. The summed E-state index contributed by atoms with van der Waals surface area (Å²) in [5.74, 6) is 2.39. The van der Waals surface area contributed by atoms with Crippen LogP contribution in [0.5, 0.6) is 0 Å². The lowest BCUT2D eigenvalue weighted by Crippen LogP contribution is -2.24. The number of rotatable bonds is 3. The van der Waals surface area contributed by atoms with E-state index in [0.29, 0.717) is 11.1 Å². The van der Waals surface area contributed by atoms with E-state index in [1.165, 1.54) is 28.4 Å². The van der Waals surface area contributed by atoms with Gasteiger partial charge in [0.05, 0.1) is 4.58 Å². The van der Waals surface area contributed by atoms with Crippen molar-refractivity contribution < 1.29 is 9.90 Å². The number of hydrogen-bond acceptors (Lipinski definition) is 3. The summed E-state index contributed by atoms with van der Waals surface area (Å²) in [6.45, 7) is 0.461. The fourth-order valence-corrected chi connectivity index (χ4v) is 4.91. The van der Waals surface area contributed by atoms with E-state index < -0.39 is 6.09 Å². The van der Waals surface area contributed by atoms with E-state index in [9.17, 15) is 4.79 Å². The quantitative estimate of drug-likeness (QED) is 0.919. The molecular formula is C13H17NO2S2. The molecule has 1 aliphatic heterocycles. The summed E-state index contributed by atoms with van der Waals surface area (Å²) < 4.78 is 0.456. The molecule has 0 spiro atoms. The SMILES string of the molecule is CN(Cc1ccccc1C1SCCCS1)C(=O)O. The van der Waals surface area contributed by atoms with E-state index in [1.54, 1.807) is 7.05 Å². The Labute approximate surface area is 116 Å². The van der Waals surface area contributed by atoms with Crippen molar-refractivity contribution in [1.82, 2.24) is 4.90 Å². The second-order valence-corrected chi connectivity index (χ2v) is 6.99. The van der Waals surface area contributed by atoms with Crippen molar-refractivity contribution in [3.63, 3.8) is 0 Å². The molecule has 1 N–H and O–H groups in total. The second kappa shape index (κ2) is 6.38. The largest absolute Gasteiger partial charge is 0.465 e. The minimum atomic E-state index is -0.881. The highest BCUT2D eigenvalue weighted by molar-refractivity contribution is 8.16. The molecule has 0 unspecified atom stereocenters. The van der Waals surface area contributed by atoms with E-state index in [2.05, 4.69) is 6.07 Å². The lowest BCUT2D eigenvalue weighted by molar-refractivity contribution is 0.153. The number of benzene rings is 1. The van der Waals surface area contributed by atoms with Crippen LogP contribution in [-0.2, 0) is 6.54 Å². The molecule has 0 bridgehead atoms. The molecule has 0 radical (unpaired) electrons. The molecule has 0 aliphatic carbocycles. The van der Waals surface area contributed by atoms with Crippen LogP contribution in [0.25, 0.3) is 0 Å². The van der Waals surface area contributed by atoms with Crippen LogP contribution >= 0.6 is 23.5 Å². The fourth-order valence-electron chi connectivity index (χ4n) is 1.90. The van der Waals surface area contributed by atoms with Crippen molar-refractivity contribution in [1.29, 1.82) is 0 Å². The van der Waals surface area contributed by atoms with Gasteiger partial charge >= 0.3 is 6.09 Å². The lowest BCUT2D eigenvalue weighted by atomic mass is 10.1. The van der Waals surface area contributed by atoms with Gasteiger partial charge in [-0.25, -0.2) is 4.79 Å². The van der Waals surface area contributed by atoms with Crippen LogP contribution in [0.4, 0.5) is 4.79 Å². The van der Waals surface area contributed by atoms with Gasteiger partial charge in [-0.1, -0.05) is 24.3 Å². The number of amides is 1. The van der Waals surface area contributed by atoms with Crippen molar-refractivity contribution in [2.45, 2.75) is 17.5 Å². The predicted octanol–water partition coefficient (Wildman–Crippen LogP) is 3.67. The van der Waals surface area contributed by atoms with Gasteiger partial charge in [-0.15, -0.1) is 23.5 Å². The number of hydrogen-bond donors (Lipinski definition) is 1. The highest BCUT2D eigenvalue weighted by Gasteiger charge is 2.20. The highest BCUT2D eigenvalue weighted by atomic mass is 32.2. The molecule has 18 heavy (non-hydrogen) atoms. The van der Waals surface area contributed by atoms with E-state index in [0.717, 1.165) is 5.56 Å². The standard InChI is InChI=1S/C13H17NO2S2/c1-14(13(15)16)9-10-5-2-3-6-11(10)12-17-7-4-8-18-12/h2-3,5-6,12H,4,7-9H2,1H3,(H,15,16). The Bertz CT molecular complexity index is 419. The van der Waals surface area contributed by atoms with Crippen molar-refractivity contribution >= 4 is 29.6 Å². The zero-order valence-electron chi connectivity index (χ0n) is 10.3. The zero-order valence-corrected chi connectivity index (χ0v) is 12.0. The average molecular weight is 283 g/mol. The molecule has 0 aromatic heterocycles. The molecule has 2 rings (SSSR count). The van der Waals surface area contributed by atoms with Gasteiger partial charge < -0.3 is 10.0 Å². The van der Waals surface area contributed by atoms with Gasteiger partial charge in [0.25, 0.3) is 0 Å². The van der Waals surface area contributed by atoms with Gasteiger partial charge in [-0.05, 0) is 29.1 Å². The van der Waals surface area contributed by atoms with E-state index in [4.69, 9.17) is 5.11 Å². The summed E-state index contributed by atoms with van der Waals surface area (Å²) in [5.41, 5.74) is 2.40. The molecule has 5 heteroatoms. The summed E-state index contributed by atoms with van der Waals surface area (Å²) in [6.07, 6.45) is 0.386. The van der Waals surface area contributed by atoms with Gasteiger partial charge in [0.1, 0.15) is 0 Å². The molecule has 1 amide bonds. The van der Waals surface area contributed by atoms with Gasteiger partial charge in [0.2, 0.25) is 0 Å². The molecule has 1 aromatic rings. The highest BCUT2D eigenvalue weighted by Crippen LogP contribution is 2.44. The number of carbonyl (C=O) groups is 1. The zero-order chi connectivity index (χ0) is 13.0. The predicted molar refractivity (Wildman–Crippen MR) is 78.2 cm³/mol. The molecule has 1 aromatic carbocycles. The molecule has 0 atom stereocenters. The fraction of sp³-hybridized carbons (Fsp3) is 0.462. The van der Waals surface area contributed by atoms with Gasteiger partial charge in [-0.3, -0.25) is 0 Å². The van der Waals surface area contributed by atoms with Crippen LogP contribution in [-0.4, -0.2) is 34.7 Å². The molecule has 98 valence electrons. The minimum Gasteiger partial charge on any atom is -0.465 e. The molecule has 1 heterocycles. The van der Waals surface area contributed by atoms with Crippen molar-refractivity contribution in [2.24, 2.45) is 0 Å². The first-order valence-corrected chi connectivity index (χ1v) is 8.03. The van der Waals surface area contributed by atoms with Gasteiger partial charge in [-0.2, -0.15) is 0 Å². The topological polar surface area (TPSA) is 40.5 Å². The normalized spacial score (nSPS) is 16.5. The Balaban J connectivity index is 2.16. The number of thioether (sulfide) groups is 2. The molecule has 0 saturated carbocycles. The van der Waals surface area contributed by atoms with E-state index in [1.807, 2.05) is 41.7 Å². The Morgan fingerprint density at radius 1 is 1.39 bits per heavy atom. The van der Waals surface area contributed by atoms with Crippen LogP contribution in [0.1, 0.15) is 22.1 Å². The molecule has 1 saturated heterocycles. The summed E-state index contributed by atoms with van der Waals surface area (Å²) in [4.78, 5) is 12.2.